The number of thiophene rings is 1. The van der Waals surface area contributed by atoms with Gasteiger partial charge in [-0.3, -0.25) is 4.98 Å². The van der Waals surface area contributed by atoms with Crippen molar-refractivity contribution in [2.75, 3.05) is 11.9 Å². The van der Waals surface area contributed by atoms with Crippen LogP contribution in [-0.2, 0) is 12.4 Å². The van der Waals surface area contributed by atoms with Gasteiger partial charge in [0.2, 0.25) is 0 Å². The van der Waals surface area contributed by atoms with Crippen molar-refractivity contribution in [3.05, 3.63) is 44.3 Å². The molecule has 2 aromatic rings. The van der Waals surface area contributed by atoms with Gasteiger partial charge >= 0.3 is 0 Å². The molecule has 0 atom stereocenters. The summed E-state index contributed by atoms with van der Waals surface area (Å²) in [6, 6.07) is 4.23. The van der Waals surface area contributed by atoms with Crippen LogP contribution >= 0.6 is 38.9 Å². The Bertz CT molecular complexity index is 542. The van der Waals surface area contributed by atoms with Gasteiger partial charge in [-0.2, -0.15) is 0 Å². The van der Waals surface area contributed by atoms with E-state index in [9.17, 15) is 0 Å². The number of nitrogens with zero attached hydrogens (tertiary/aromatic N) is 2. The van der Waals surface area contributed by atoms with Gasteiger partial charge in [0.1, 0.15) is 0 Å². The maximum atomic E-state index is 5.96. The molecule has 96 valence electrons. The lowest BCUT2D eigenvalue weighted by Crippen LogP contribution is -2.17. The third-order valence-electron chi connectivity index (χ3n) is 2.67. The number of anilines is 1. The summed E-state index contributed by atoms with van der Waals surface area (Å²) >= 11 is 11.2. The van der Waals surface area contributed by atoms with Crippen LogP contribution in [0.2, 0.25) is 0 Å². The highest BCUT2D eigenvalue weighted by Gasteiger charge is 2.09. The van der Waals surface area contributed by atoms with Gasteiger partial charge in [-0.15, -0.1) is 22.9 Å². The summed E-state index contributed by atoms with van der Waals surface area (Å²) in [6.07, 6.45) is 1.86. The van der Waals surface area contributed by atoms with Crippen molar-refractivity contribution in [3.8, 4) is 0 Å². The first kappa shape index (κ1) is 13.8. The molecule has 2 aromatic heterocycles. The van der Waals surface area contributed by atoms with E-state index in [4.69, 9.17) is 11.6 Å². The SMILES string of the molecule is Cc1cc(N(C)Cc2cc(Br)cs2)c(CCl)cn1. The summed E-state index contributed by atoms with van der Waals surface area (Å²) < 4.78 is 1.14. The molecule has 0 saturated heterocycles. The van der Waals surface area contributed by atoms with Crippen LogP contribution in [0.3, 0.4) is 0 Å². The van der Waals surface area contributed by atoms with Crippen LogP contribution in [0.5, 0.6) is 0 Å². The second-order valence-electron chi connectivity index (χ2n) is 4.18. The van der Waals surface area contributed by atoms with Crippen molar-refractivity contribution in [2.45, 2.75) is 19.3 Å². The minimum Gasteiger partial charge on any atom is -0.369 e. The third kappa shape index (κ3) is 3.25. The molecule has 0 unspecified atom stereocenters. The van der Waals surface area contributed by atoms with E-state index in [0.29, 0.717) is 5.88 Å². The van der Waals surface area contributed by atoms with Crippen molar-refractivity contribution in [1.82, 2.24) is 4.98 Å². The molecular formula is C13H14BrClN2S. The Morgan fingerprint density at radius 3 is 2.83 bits per heavy atom. The first-order chi connectivity index (χ1) is 8.60. The summed E-state index contributed by atoms with van der Waals surface area (Å²) in [5, 5.41) is 2.10. The third-order valence-corrected chi connectivity index (χ3v) is 4.64. The average Bonchev–Trinajstić information content (AvgIpc) is 2.74. The van der Waals surface area contributed by atoms with Gasteiger partial charge in [-0.1, -0.05) is 0 Å². The Morgan fingerprint density at radius 2 is 2.22 bits per heavy atom. The topological polar surface area (TPSA) is 16.1 Å². The van der Waals surface area contributed by atoms with E-state index < -0.39 is 0 Å². The molecule has 0 aliphatic rings. The maximum absolute atomic E-state index is 5.96. The molecule has 2 heterocycles. The Labute approximate surface area is 125 Å². The molecule has 0 aliphatic carbocycles. The van der Waals surface area contributed by atoms with E-state index in [1.165, 1.54) is 4.88 Å². The highest BCUT2D eigenvalue weighted by atomic mass is 79.9. The van der Waals surface area contributed by atoms with Crippen LogP contribution in [0.15, 0.2) is 28.2 Å². The Morgan fingerprint density at radius 1 is 1.44 bits per heavy atom. The number of aryl methyl sites for hydroxylation is 1. The smallest absolute Gasteiger partial charge is 0.0520 e. The zero-order valence-corrected chi connectivity index (χ0v) is 13.4. The molecule has 2 rings (SSSR count). The fourth-order valence-corrected chi connectivity index (χ4v) is 3.50. The summed E-state index contributed by atoms with van der Waals surface area (Å²) in [4.78, 5) is 7.82. The summed E-state index contributed by atoms with van der Waals surface area (Å²) in [5.41, 5.74) is 3.24. The zero-order chi connectivity index (χ0) is 13.1. The Balaban J connectivity index is 2.22. The van der Waals surface area contributed by atoms with Gasteiger partial charge in [0.05, 0.1) is 12.4 Å². The van der Waals surface area contributed by atoms with Crippen molar-refractivity contribution < 1.29 is 0 Å². The van der Waals surface area contributed by atoms with Crippen LogP contribution in [0, 0.1) is 6.92 Å². The molecule has 0 fully saturated rings. The quantitative estimate of drug-likeness (QED) is 0.753. The maximum Gasteiger partial charge on any atom is 0.0520 e. The van der Waals surface area contributed by atoms with E-state index in [1.54, 1.807) is 11.3 Å². The molecule has 0 amide bonds. The van der Waals surface area contributed by atoms with E-state index in [2.05, 4.69) is 50.4 Å². The predicted octanol–water partition coefficient (Wildman–Crippen LogP) is 4.59. The van der Waals surface area contributed by atoms with Gasteiger partial charge in [0.25, 0.3) is 0 Å². The molecule has 0 aromatic carbocycles. The molecular weight excluding hydrogens is 332 g/mol. The van der Waals surface area contributed by atoms with E-state index >= 15 is 0 Å². The predicted molar refractivity (Wildman–Crippen MR) is 82.7 cm³/mol. The number of halogens is 2. The minimum atomic E-state index is 0.487. The molecule has 0 saturated carbocycles. The first-order valence-corrected chi connectivity index (χ1v) is 7.76. The fourth-order valence-electron chi connectivity index (χ4n) is 1.79. The Kier molecular flexibility index (Phi) is 4.65. The monoisotopic (exact) mass is 344 g/mol. The number of hydrogen-bond acceptors (Lipinski definition) is 3. The Hall–Kier alpha value is -0.580. The molecule has 5 heteroatoms. The van der Waals surface area contributed by atoms with E-state index in [-0.39, 0.29) is 0 Å². The molecule has 0 aliphatic heterocycles. The van der Waals surface area contributed by atoms with Crippen molar-refractivity contribution in [1.29, 1.82) is 0 Å². The van der Waals surface area contributed by atoms with Crippen LogP contribution in [0.4, 0.5) is 5.69 Å². The largest absolute Gasteiger partial charge is 0.369 e. The van der Waals surface area contributed by atoms with Crippen molar-refractivity contribution >= 4 is 44.6 Å². The number of pyridine rings is 1. The van der Waals surface area contributed by atoms with Gasteiger partial charge in [-0.05, 0) is 35.0 Å². The van der Waals surface area contributed by atoms with Crippen molar-refractivity contribution in [2.24, 2.45) is 0 Å². The normalized spacial score (nSPS) is 10.7. The zero-order valence-electron chi connectivity index (χ0n) is 10.3. The molecule has 0 N–H and O–H groups in total. The molecule has 18 heavy (non-hydrogen) atoms. The van der Waals surface area contributed by atoms with Gasteiger partial charge < -0.3 is 4.90 Å². The number of rotatable bonds is 4. The molecule has 0 spiro atoms. The van der Waals surface area contributed by atoms with Gasteiger partial charge in [0.15, 0.2) is 0 Å². The molecule has 0 radical (unpaired) electrons. The summed E-state index contributed by atoms with van der Waals surface area (Å²) in [6.45, 7) is 2.88. The van der Waals surface area contributed by atoms with E-state index in [0.717, 1.165) is 28.0 Å². The fraction of sp³-hybridized carbons (Fsp3) is 0.308. The van der Waals surface area contributed by atoms with Gasteiger partial charge in [0, 0.05) is 44.9 Å². The second kappa shape index (κ2) is 6.04. The first-order valence-electron chi connectivity index (χ1n) is 5.55. The average molecular weight is 346 g/mol. The minimum absolute atomic E-state index is 0.487. The summed E-state index contributed by atoms with van der Waals surface area (Å²) in [7, 11) is 2.08. The summed E-state index contributed by atoms with van der Waals surface area (Å²) in [5.74, 6) is 0.487. The van der Waals surface area contributed by atoms with E-state index in [1.807, 2.05) is 13.1 Å². The lowest BCUT2D eigenvalue weighted by atomic mass is 10.2. The molecule has 2 nitrogen and oxygen atoms in total. The lowest BCUT2D eigenvalue weighted by molar-refractivity contribution is 0.924. The standard InChI is InChI=1S/C13H14BrClN2S/c1-9-3-13(10(5-15)6-16-9)17(2)7-12-4-11(14)8-18-12/h3-4,6,8H,5,7H2,1-2H3. The molecule has 0 bridgehead atoms. The van der Waals surface area contributed by atoms with Gasteiger partial charge in [-0.25, -0.2) is 0 Å². The second-order valence-corrected chi connectivity index (χ2v) is 6.35. The van der Waals surface area contributed by atoms with Crippen LogP contribution in [0.1, 0.15) is 16.1 Å². The number of aromatic nitrogens is 1. The highest BCUT2D eigenvalue weighted by Crippen LogP contribution is 2.26. The van der Waals surface area contributed by atoms with Crippen LogP contribution in [-0.4, -0.2) is 12.0 Å². The highest BCUT2D eigenvalue weighted by molar-refractivity contribution is 9.10. The lowest BCUT2D eigenvalue weighted by Gasteiger charge is -2.21. The van der Waals surface area contributed by atoms with Crippen LogP contribution < -0.4 is 4.90 Å². The van der Waals surface area contributed by atoms with Crippen molar-refractivity contribution in [3.63, 3.8) is 0 Å². The van der Waals surface area contributed by atoms with Crippen LogP contribution in [0.25, 0.3) is 0 Å². The number of hydrogen-bond donors (Lipinski definition) is 0. The number of alkyl halides is 1.